The summed E-state index contributed by atoms with van der Waals surface area (Å²) in [6.07, 6.45) is 0. The predicted octanol–water partition coefficient (Wildman–Crippen LogP) is 1.01. The highest BCUT2D eigenvalue weighted by molar-refractivity contribution is 5.75. The van der Waals surface area contributed by atoms with E-state index in [2.05, 4.69) is 41.0 Å². The van der Waals surface area contributed by atoms with Crippen molar-refractivity contribution in [1.82, 2.24) is 4.90 Å². The quantitative estimate of drug-likeness (QED) is 0.821. The molecule has 0 saturated carbocycles. The maximum absolute atomic E-state index is 11.6. The van der Waals surface area contributed by atoms with Gasteiger partial charge in [0.1, 0.15) is 6.04 Å². The minimum atomic E-state index is -0.546. The monoisotopic (exact) mass is 291 g/mol. The van der Waals surface area contributed by atoms with Crippen LogP contribution >= 0.6 is 0 Å². The number of piperazine rings is 1. The fourth-order valence-corrected chi connectivity index (χ4v) is 2.62. The van der Waals surface area contributed by atoms with Crippen LogP contribution in [0.25, 0.3) is 0 Å². The van der Waals surface area contributed by atoms with Crippen molar-refractivity contribution in [2.75, 3.05) is 44.2 Å². The van der Waals surface area contributed by atoms with Crippen LogP contribution in [0.3, 0.4) is 0 Å². The molecule has 1 aliphatic rings. The molecule has 1 fully saturated rings. The zero-order chi connectivity index (χ0) is 15.2. The van der Waals surface area contributed by atoms with Gasteiger partial charge < -0.3 is 15.4 Å². The molecule has 5 nitrogen and oxygen atoms in total. The maximum atomic E-state index is 11.6. The van der Waals surface area contributed by atoms with Gasteiger partial charge in [-0.1, -0.05) is 12.1 Å². The molecule has 0 bridgehead atoms. The van der Waals surface area contributed by atoms with Crippen LogP contribution in [0, 0.1) is 6.92 Å². The van der Waals surface area contributed by atoms with Crippen LogP contribution in [0.5, 0.6) is 0 Å². The highest BCUT2D eigenvalue weighted by Crippen LogP contribution is 2.17. The number of nitrogens with two attached hydrogens (primary N) is 1. The van der Waals surface area contributed by atoms with E-state index in [4.69, 9.17) is 10.5 Å². The van der Waals surface area contributed by atoms with Crippen LogP contribution in [0.4, 0.5) is 5.69 Å². The van der Waals surface area contributed by atoms with Crippen molar-refractivity contribution in [2.45, 2.75) is 19.9 Å². The Hall–Kier alpha value is -1.59. The Kier molecular flexibility index (Phi) is 5.59. The topological polar surface area (TPSA) is 58.8 Å². The first-order valence-electron chi connectivity index (χ1n) is 7.56. The van der Waals surface area contributed by atoms with Gasteiger partial charge in [-0.3, -0.25) is 9.69 Å². The number of rotatable bonds is 5. The summed E-state index contributed by atoms with van der Waals surface area (Å²) in [5.74, 6) is -0.307. The smallest absolute Gasteiger partial charge is 0.324 e. The summed E-state index contributed by atoms with van der Waals surface area (Å²) in [6.45, 7) is 8.61. The molecule has 2 N–H and O–H groups in total. The second kappa shape index (κ2) is 7.43. The molecule has 5 heteroatoms. The number of hydrogen-bond donors (Lipinski definition) is 1. The van der Waals surface area contributed by atoms with Crippen molar-refractivity contribution in [1.29, 1.82) is 0 Å². The Morgan fingerprint density at radius 3 is 2.67 bits per heavy atom. The van der Waals surface area contributed by atoms with E-state index < -0.39 is 6.04 Å². The Labute approximate surface area is 126 Å². The van der Waals surface area contributed by atoms with Gasteiger partial charge in [0.25, 0.3) is 0 Å². The normalized spacial score (nSPS) is 17.6. The summed E-state index contributed by atoms with van der Waals surface area (Å²) < 4.78 is 4.95. The van der Waals surface area contributed by atoms with Crippen LogP contribution in [0.15, 0.2) is 24.3 Å². The molecule has 2 rings (SSSR count). The van der Waals surface area contributed by atoms with Gasteiger partial charge in [-0.15, -0.1) is 0 Å². The van der Waals surface area contributed by atoms with Gasteiger partial charge in [0.05, 0.1) is 6.61 Å². The molecule has 1 atom stereocenters. The first-order valence-corrected chi connectivity index (χ1v) is 7.56. The largest absolute Gasteiger partial charge is 0.465 e. The van der Waals surface area contributed by atoms with E-state index in [-0.39, 0.29) is 5.97 Å². The summed E-state index contributed by atoms with van der Waals surface area (Å²) in [7, 11) is 0. The highest BCUT2D eigenvalue weighted by Gasteiger charge is 2.22. The molecule has 0 radical (unpaired) electrons. The molecule has 116 valence electrons. The number of esters is 1. The van der Waals surface area contributed by atoms with E-state index in [9.17, 15) is 4.79 Å². The van der Waals surface area contributed by atoms with Gasteiger partial charge in [-0.05, 0) is 31.5 Å². The number of carbonyl (C=O) groups excluding carboxylic acids is 1. The summed E-state index contributed by atoms with van der Waals surface area (Å²) >= 11 is 0. The third-order valence-electron chi connectivity index (χ3n) is 3.78. The first-order chi connectivity index (χ1) is 10.1. The average molecular weight is 291 g/mol. The van der Waals surface area contributed by atoms with Crippen LogP contribution < -0.4 is 10.6 Å². The molecule has 0 aliphatic carbocycles. The van der Waals surface area contributed by atoms with Crippen molar-refractivity contribution in [2.24, 2.45) is 5.73 Å². The van der Waals surface area contributed by atoms with Gasteiger partial charge in [0, 0.05) is 38.4 Å². The minimum absolute atomic E-state index is 0.307. The summed E-state index contributed by atoms with van der Waals surface area (Å²) in [5, 5.41) is 0. The number of anilines is 1. The summed E-state index contributed by atoms with van der Waals surface area (Å²) in [6, 6.07) is 8.01. The Morgan fingerprint density at radius 1 is 1.33 bits per heavy atom. The van der Waals surface area contributed by atoms with Gasteiger partial charge in [-0.25, -0.2) is 0 Å². The van der Waals surface area contributed by atoms with Crippen molar-refractivity contribution in [3.63, 3.8) is 0 Å². The lowest BCUT2D eigenvalue weighted by Crippen LogP contribution is -2.51. The third kappa shape index (κ3) is 4.44. The number of nitrogens with zero attached hydrogens (tertiary/aromatic N) is 2. The van der Waals surface area contributed by atoms with Gasteiger partial charge in [0.2, 0.25) is 0 Å². The Bertz CT molecular complexity index is 470. The molecule has 1 aliphatic heterocycles. The average Bonchev–Trinajstić information content (AvgIpc) is 2.48. The van der Waals surface area contributed by atoms with Gasteiger partial charge in [-0.2, -0.15) is 0 Å². The molecule has 1 aromatic rings. The lowest BCUT2D eigenvalue weighted by Gasteiger charge is -2.36. The second-order valence-electron chi connectivity index (χ2n) is 5.49. The predicted molar refractivity (Wildman–Crippen MR) is 84.4 cm³/mol. The van der Waals surface area contributed by atoms with Crippen molar-refractivity contribution in [3.05, 3.63) is 29.8 Å². The van der Waals surface area contributed by atoms with Crippen LogP contribution in [0.1, 0.15) is 12.5 Å². The van der Waals surface area contributed by atoms with Gasteiger partial charge in [0.15, 0.2) is 0 Å². The standard InChI is InChI=1S/C16H25N3O2/c1-3-21-16(20)15(17)12-18-7-9-19(10-8-18)14-6-4-5-13(2)11-14/h4-6,11,15H,3,7-10,12,17H2,1-2H3. The molecule has 1 heterocycles. The molecule has 0 aromatic heterocycles. The van der Waals surface area contributed by atoms with E-state index in [0.29, 0.717) is 13.2 Å². The lowest BCUT2D eigenvalue weighted by molar-refractivity contribution is -0.145. The van der Waals surface area contributed by atoms with E-state index in [0.717, 1.165) is 26.2 Å². The summed E-state index contributed by atoms with van der Waals surface area (Å²) in [4.78, 5) is 16.2. The number of hydrogen-bond acceptors (Lipinski definition) is 5. The molecule has 0 amide bonds. The fraction of sp³-hybridized carbons (Fsp3) is 0.562. The van der Waals surface area contributed by atoms with Crippen LogP contribution in [-0.2, 0) is 9.53 Å². The zero-order valence-electron chi connectivity index (χ0n) is 12.9. The third-order valence-corrected chi connectivity index (χ3v) is 3.78. The van der Waals surface area contributed by atoms with E-state index >= 15 is 0 Å². The molecule has 1 unspecified atom stereocenters. The molecular formula is C16H25N3O2. The number of carbonyl (C=O) groups is 1. The Balaban J connectivity index is 1.82. The van der Waals surface area contributed by atoms with Gasteiger partial charge >= 0.3 is 5.97 Å². The number of aryl methyl sites for hydroxylation is 1. The van der Waals surface area contributed by atoms with Crippen molar-refractivity contribution < 1.29 is 9.53 Å². The lowest BCUT2D eigenvalue weighted by atomic mass is 10.2. The Morgan fingerprint density at radius 2 is 2.05 bits per heavy atom. The van der Waals surface area contributed by atoms with E-state index in [1.165, 1.54) is 11.3 Å². The first kappa shape index (κ1) is 15.8. The molecule has 21 heavy (non-hydrogen) atoms. The highest BCUT2D eigenvalue weighted by atomic mass is 16.5. The minimum Gasteiger partial charge on any atom is -0.465 e. The SMILES string of the molecule is CCOC(=O)C(N)CN1CCN(c2cccc(C)c2)CC1. The number of ether oxygens (including phenoxy) is 1. The fourth-order valence-electron chi connectivity index (χ4n) is 2.62. The molecule has 1 aromatic carbocycles. The molecular weight excluding hydrogens is 266 g/mol. The van der Waals surface area contributed by atoms with E-state index in [1.807, 2.05) is 0 Å². The molecule has 0 spiro atoms. The summed E-state index contributed by atoms with van der Waals surface area (Å²) in [5.41, 5.74) is 8.41. The van der Waals surface area contributed by atoms with E-state index in [1.54, 1.807) is 6.92 Å². The number of benzene rings is 1. The second-order valence-corrected chi connectivity index (χ2v) is 5.49. The zero-order valence-corrected chi connectivity index (χ0v) is 12.9. The van der Waals surface area contributed by atoms with Crippen molar-refractivity contribution in [3.8, 4) is 0 Å². The van der Waals surface area contributed by atoms with Crippen molar-refractivity contribution >= 4 is 11.7 Å². The van der Waals surface area contributed by atoms with Crippen LogP contribution in [-0.4, -0.2) is 56.2 Å². The molecule has 1 saturated heterocycles. The van der Waals surface area contributed by atoms with Crippen LogP contribution in [0.2, 0.25) is 0 Å². The maximum Gasteiger partial charge on any atom is 0.324 e.